The molecule has 0 aliphatic heterocycles. The Bertz CT molecular complexity index is 356. The Morgan fingerprint density at radius 1 is 1.16 bits per heavy atom. The van der Waals surface area contributed by atoms with E-state index in [1.807, 2.05) is 6.07 Å². The molecule has 1 aromatic rings. The van der Waals surface area contributed by atoms with Crippen LogP contribution in [0.4, 0.5) is 0 Å². The lowest BCUT2D eigenvalue weighted by molar-refractivity contribution is 0.318. The number of ether oxygens (including phenoxy) is 1. The van der Waals surface area contributed by atoms with Crippen molar-refractivity contribution < 1.29 is 4.74 Å². The van der Waals surface area contributed by atoms with Gasteiger partial charge in [0.25, 0.3) is 0 Å². The molecule has 0 heterocycles. The molecule has 1 aliphatic carbocycles. The Morgan fingerprint density at radius 3 is 2.68 bits per heavy atom. The summed E-state index contributed by atoms with van der Waals surface area (Å²) >= 11 is 2.17. The highest BCUT2D eigenvalue weighted by Gasteiger charge is 2.11. The summed E-state index contributed by atoms with van der Waals surface area (Å²) in [5.74, 6) is 2.26. The van der Waals surface area contributed by atoms with E-state index in [4.69, 9.17) is 4.74 Å². The van der Waals surface area contributed by atoms with Crippen LogP contribution in [0.1, 0.15) is 50.5 Å². The van der Waals surface area contributed by atoms with Gasteiger partial charge in [-0.25, -0.2) is 0 Å². The molecule has 0 N–H and O–H groups in total. The van der Waals surface area contributed by atoms with Crippen LogP contribution in [0.2, 0.25) is 0 Å². The third-order valence-corrected chi connectivity index (χ3v) is 5.17. The molecular weight excluding hydrogens is 252 g/mol. The highest BCUT2D eigenvalue weighted by molar-refractivity contribution is 7.99. The van der Waals surface area contributed by atoms with Gasteiger partial charge in [0.15, 0.2) is 0 Å². The molecule has 1 aliphatic rings. The monoisotopic (exact) mass is 278 g/mol. The fraction of sp³-hybridized carbons (Fsp3) is 0.647. The zero-order valence-electron chi connectivity index (χ0n) is 12.1. The van der Waals surface area contributed by atoms with Crippen molar-refractivity contribution in [1.29, 1.82) is 0 Å². The first-order chi connectivity index (χ1) is 9.34. The van der Waals surface area contributed by atoms with Crippen LogP contribution in [-0.4, -0.2) is 17.6 Å². The molecule has 19 heavy (non-hydrogen) atoms. The molecule has 0 atom stereocenters. The summed E-state index contributed by atoms with van der Waals surface area (Å²) in [6.45, 7) is 2.96. The lowest BCUT2D eigenvalue weighted by Gasteiger charge is -2.13. The number of benzene rings is 1. The summed E-state index contributed by atoms with van der Waals surface area (Å²) in [5.41, 5.74) is 1.27. The number of thioether (sulfide) groups is 1. The third kappa shape index (κ3) is 5.90. The molecule has 1 fully saturated rings. The molecule has 2 rings (SSSR count). The zero-order valence-corrected chi connectivity index (χ0v) is 12.9. The number of hydrogen-bond acceptors (Lipinski definition) is 2. The van der Waals surface area contributed by atoms with E-state index < -0.39 is 0 Å². The van der Waals surface area contributed by atoms with E-state index in [0.29, 0.717) is 0 Å². The van der Waals surface area contributed by atoms with Gasteiger partial charge in [0.2, 0.25) is 0 Å². The summed E-state index contributed by atoms with van der Waals surface area (Å²) in [4.78, 5) is 0. The van der Waals surface area contributed by atoms with Gasteiger partial charge in [-0.05, 0) is 49.6 Å². The minimum absolute atomic E-state index is 0.850. The van der Waals surface area contributed by atoms with Gasteiger partial charge >= 0.3 is 0 Å². The normalized spacial score (nSPS) is 17.1. The number of hydrogen-bond donors (Lipinski definition) is 0. The maximum atomic E-state index is 5.79. The molecule has 1 saturated carbocycles. The van der Waals surface area contributed by atoms with Crippen LogP contribution < -0.4 is 4.74 Å². The zero-order chi connectivity index (χ0) is 13.3. The van der Waals surface area contributed by atoms with Gasteiger partial charge in [-0.1, -0.05) is 37.8 Å². The smallest absolute Gasteiger partial charge is 0.119 e. The molecule has 1 aromatic carbocycles. The van der Waals surface area contributed by atoms with Crippen molar-refractivity contribution in [2.45, 2.75) is 57.1 Å². The van der Waals surface area contributed by atoms with Crippen molar-refractivity contribution in [3.05, 3.63) is 29.8 Å². The molecule has 1 nitrogen and oxygen atoms in total. The molecular formula is C17H26OS. The predicted molar refractivity (Wildman–Crippen MR) is 85.2 cm³/mol. The lowest BCUT2D eigenvalue weighted by atomic mass is 10.2. The quantitative estimate of drug-likeness (QED) is 0.521. The summed E-state index contributed by atoms with van der Waals surface area (Å²) < 4.78 is 5.79. The fourth-order valence-corrected chi connectivity index (χ4v) is 3.90. The second-order valence-electron chi connectivity index (χ2n) is 5.50. The van der Waals surface area contributed by atoms with E-state index in [1.165, 1.54) is 49.8 Å². The first-order valence-corrected chi connectivity index (χ1v) is 8.70. The van der Waals surface area contributed by atoms with Crippen LogP contribution >= 0.6 is 11.8 Å². The second kappa shape index (κ2) is 8.52. The van der Waals surface area contributed by atoms with Gasteiger partial charge in [0.1, 0.15) is 5.75 Å². The third-order valence-electron chi connectivity index (χ3n) is 3.70. The minimum Gasteiger partial charge on any atom is -0.494 e. The Morgan fingerprint density at radius 2 is 1.95 bits per heavy atom. The highest BCUT2D eigenvalue weighted by atomic mass is 32.2. The first kappa shape index (κ1) is 14.8. The van der Waals surface area contributed by atoms with Gasteiger partial charge in [0.05, 0.1) is 6.61 Å². The van der Waals surface area contributed by atoms with Crippen LogP contribution in [-0.2, 0) is 0 Å². The van der Waals surface area contributed by atoms with E-state index in [-0.39, 0.29) is 0 Å². The Labute approximate surface area is 122 Å². The molecule has 0 radical (unpaired) electrons. The van der Waals surface area contributed by atoms with Crippen molar-refractivity contribution in [2.24, 2.45) is 0 Å². The molecule has 0 unspecified atom stereocenters. The van der Waals surface area contributed by atoms with Gasteiger partial charge in [-0.15, -0.1) is 0 Å². The Balaban J connectivity index is 1.56. The Kier molecular flexibility index (Phi) is 6.63. The van der Waals surface area contributed by atoms with E-state index in [9.17, 15) is 0 Å². The predicted octanol–water partition coefficient (Wildman–Crippen LogP) is 5.22. The van der Waals surface area contributed by atoms with Gasteiger partial charge in [-0.2, -0.15) is 11.8 Å². The maximum absolute atomic E-state index is 5.79. The van der Waals surface area contributed by atoms with Crippen LogP contribution in [0.3, 0.4) is 0 Å². The summed E-state index contributed by atoms with van der Waals surface area (Å²) in [5, 5.41) is 0.918. The van der Waals surface area contributed by atoms with Crippen LogP contribution in [0.25, 0.3) is 0 Å². The second-order valence-corrected chi connectivity index (χ2v) is 6.91. The number of rotatable bonds is 6. The molecule has 0 bridgehead atoms. The van der Waals surface area contributed by atoms with Crippen LogP contribution in [0, 0.1) is 6.92 Å². The summed E-state index contributed by atoms with van der Waals surface area (Å²) in [6.07, 6.45) is 9.82. The van der Waals surface area contributed by atoms with Crippen LogP contribution in [0.5, 0.6) is 5.75 Å². The van der Waals surface area contributed by atoms with E-state index in [0.717, 1.165) is 24.0 Å². The Hall–Kier alpha value is -0.630. The van der Waals surface area contributed by atoms with Crippen molar-refractivity contribution in [3.63, 3.8) is 0 Å². The molecule has 2 heteroatoms. The standard InChI is InChI=1S/C17H26OS/c1-15-8-6-9-16(14-15)18-12-7-13-19-17-10-4-2-3-5-11-17/h6,8-9,14,17H,2-5,7,10-13H2,1H3. The molecule has 0 aromatic heterocycles. The highest BCUT2D eigenvalue weighted by Crippen LogP contribution is 2.27. The molecule has 0 amide bonds. The van der Waals surface area contributed by atoms with E-state index in [1.54, 1.807) is 0 Å². The topological polar surface area (TPSA) is 9.23 Å². The van der Waals surface area contributed by atoms with Gasteiger partial charge in [-0.3, -0.25) is 0 Å². The minimum atomic E-state index is 0.850. The van der Waals surface area contributed by atoms with Crippen LogP contribution in [0.15, 0.2) is 24.3 Å². The fourth-order valence-electron chi connectivity index (χ4n) is 2.61. The average molecular weight is 278 g/mol. The molecule has 106 valence electrons. The van der Waals surface area contributed by atoms with Gasteiger partial charge < -0.3 is 4.74 Å². The maximum Gasteiger partial charge on any atom is 0.119 e. The van der Waals surface area contributed by atoms with Gasteiger partial charge in [0, 0.05) is 5.25 Å². The van der Waals surface area contributed by atoms with Crippen molar-refractivity contribution in [3.8, 4) is 5.75 Å². The summed E-state index contributed by atoms with van der Waals surface area (Å²) in [7, 11) is 0. The lowest BCUT2D eigenvalue weighted by Crippen LogP contribution is -2.04. The van der Waals surface area contributed by atoms with E-state index >= 15 is 0 Å². The molecule has 0 saturated heterocycles. The summed E-state index contributed by atoms with van der Waals surface area (Å²) in [6, 6.07) is 8.32. The largest absolute Gasteiger partial charge is 0.494 e. The number of aryl methyl sites for hydroxylation is 1. The molecule has 0 spiro atoms. The van der Waals surface area contributed by atoms with E-state index in [2.05, 4.69) is 36.9 Å². The first-order valence-electron chi connectivity index (χ1n) is 7.66. The van der Waals surface area contributed by atoms with Crippen molar-refractivity contribution in [1.82, 2.24) is 0 Å². The SMILES string of the molecule is Cc1cccc(OCCCSC2CCCCCC2)c1. The average Bonchev–Trinajstić information content (AvgIpc) is 2.67. The van der Waals surface area contributed by atoms with Crippen molar-refractivity contribution >= 4 is 11.8 Å². The van der Waals surface area contributed by atoms with Crippen molar-refractivity contribution in [2.75, 3.05) is 12.4 Å².